The summed E-state index contributed by atoms with van der Waals surface area (Å²) < 4.78 is 61.5. The molecule has 17 heavy (non-hydrogen) atoms. The van der Waals surface area contributed by atoms with E-state index in [2.05, 4.69) is 0 Å². The smallest absolute Gasteiger partial charge is 0.383 e. The van der Waals surface area contributed by atoms with Gasteiger partial charge in [-0.05, 0) is 18.2 Å². The Morgan fingerprint density at radius 1 is 1.35 bits per heavy atom. The summed E-state index contributed by atoms with van der Waals surface area (Å²) in [6, 6.07) is 2.58. The summed E-state index contributed by atoms with van der Waals surface area (Å²) in [4.78, 5) is 10.8. The molecule has 1 aromatic carbocycles. The third-order valence-electron chi connectivity index (χ3n) is 1.84. The van der Waals surface area contributed by atoms with Crippen LogP contribution in [0.15, 0.2) is 18.2 Å². The van der Waals surface area contributed by atoms with Crippen molar-refractivity contribution >= 4 is 17.3 Å². The number of nitrogen functional groups attached to an aromatic ring is 1. The molecule has 0 bridgehead atoms. The predicted molar refractivity (Wildman–Crippen MR) is 50.4 cm³/mol. The molecule has 0 atom stereocenters. The van der Waals surface area contributed by atoms with Gasteiger partial charge in [0, 0.05) is 0 Å². The second kappa shape index (κ2) is 4.56. The predicted octanol–water partition coefficient (Wildman–Crippen LogP) is 2.25. The molecule has 1 rings (SSSR count). The minimum absolute atomic E-state index is 0.218. The Hall–Kier alpha value is -1.86. The van der Waals surface area contributed by atoms with E-state index in [0.717, 1.165) is 12.1 Å². The van der Waals surface area contributed by atoms with E-state index >= 15 is 0 Å². The average molecular weight is 254 g/mol. The topological polar surface area (TPSA) is 55.1 Å². The van der Waals surface area contributed by atoms with Gasteiger partial charge in [-0.2, -0.15) is 8.78 Å². The minimum atomic E-state index is -4.86. The van der Waals surface area contributed by atoms with E-state index in [1.165, 1.54) is 5.32 Å². The fourth-order valence-corrected chi connectivity index (χ4v) is 0.941. The number of carbonyl (C=O) groups excluding carboxylic acids is 1. The standard InChI is InChI=1S/C9H7F5N2O/c10-4-1-2-5(15)6(3-4)16-8(17)9(13,14)7(11)12/h1-3,7H,15H2,(H,16,17). The maximum Gasteiger partial charge on any atom is 0.383 e. The molecule has 0 radical (unpaired) electrons. The summed E-state index contributed by atoms with van der Waals surface area (Å²) in [5.41, 5.74) is 4.54. The van der Waals surface area contributed by atoms with Crippen molar-refractivity contribution in [1.82, 2.24) is 0 Å². The molecule has 0 aliphatic heterocycles. The average Bonchev–Trinajstić information content (AvgIpc) is 2.23. The molecule has 3 N–H and O–H groups in total. The lowest BCUT2D eigenvalue weighted by Gasteiger charge is -2.15. The van der Waals surface area contributed by atoms with E-state index in [1.807, 2.05) is 0 Å². The van der Waals surface area contributed by atoms with Crippen molar-refractivity contribution in [2.75, 3.05) is 11.1 Å². The van der Waals surface area contributed by atoms with Crippen LogP contribution in [-0.2, 0) is 4.79 Å². The fraction of sp³-hybridized carbons (Fsp3) is 0.222. The van der Waals surface area contributed by atoms with Crippen molar-refractivity contribution in [1.29, 1.82) is 0 Å². The number of amides is 1. The first-order valence-electron chi connectivity index (χ1n) is 4.27. The highest BCUT2D eigenvalue weighted by Gasteiger charge is 2.49. The maximum atomic E-state index is 12.7. The monoisotopic (exact) mass is 254 g/mol. The number of nitrogens with two attached hydrogens (primary N) is 1. The first-order chi connectivity index (χ1) is 7.75. The van der Waals surface area contributed by atoms with Crippen molar-refractivity contribution in [2.45, 2.75) is 12.3 Å². The molecule has 0 saturated carbocycles. The normalized spacial score (nSPS) is 11.6. The Balaban J connectivity index is 2.92. The molecule has 1 aromatic rings. The third-order valence-corrected chi connectivity index (χ3v) is 1.84. The Morgan fingerprint density at radius 2 is 1.94 bits per heavy atom. The van der Waals surface area contributed by atoms with Crippen LogP contribution in [0.1, 0.15) is 0 Å². The molecule has 0 saturated heterocycles. The van der Waals surface area contributed by atoms with E-state index in [9.17, 15) is 26.7 Å². The van der Waals surface area contributed by atoms with E-state index in [-0.39, 0.29) is 5.69 Å². The van der Waals surface area contributed by atoms with E-state index < -0.39 is 29.8 Å². The summed E-state index contributed by atoms with van der Waals surface area (Å²) in [5.74, 6) is -7.96. The molecular formula is C9H7F5N2O. The van der Waals surface area contributed by atoms with Crippen LogP contribution in [0.3, 0.4) is 0 Å². The number of rotatable bonds is 3. The molecule has 3 nitrogen and oxygen atoms in total. The van der Waals surface area contributed by atoms with Crippen LogP contribution in [0.2, 0.25) is 0 Å². The number of carbonyl (C=O) groups is 1. The molecule has 94 valence electrons. The number of hydrogen-bond donors (Lipinski definition) is 2. The first kappa shape index (κ1) is 13.2. The molecule has 0 unspecified atom stereocenters. The zero-order valence-electron chi connectivity index (χ0n) is 8.18. The van der Waals surface area contributed by atoms with Gasteiger partial charge in [-0.3, -0.25) is 4.79 Å². The van der Waals surface area contributed by atoms with E-state index in [4.69, 9.17) is 5.73 Å². The van der Waals surface area contributed by atoms with Gasteiger partial charge >= 0.3 is 18.3 Å². The molecule has 8 heteroatoms. The van der Waals surface area contributed by atoms with Crippen molar-refractivity contribution in [3.05, 3.63) is 24.0 Å². The summed E-state index contributed by atoms with van der Waals surface area (Å²) in [7, 11) is 0. The summed E-state index contributed by atoms with van der Waals surface area (Å²) in [6.45, 7) is 0. The Kier molecular flexibility index (Phi) is 3.54. The number of alkyl halides is 4. The van der Waals surface area contributed by atoms with Gasteiger partial charge in [0.15, 0.2) is 0 Å². The van der Waals surface area contributed by atoms with Gasteiger partial charge in [0.25, 0.3) is 0 Å². The van der Waals surface area contributed by atoms with E-state index in [1.54, 1.807) is 0 Å². The molecule has 1 amide bonds. The van der Waals surface area contributed by atoms with Crippen LogP contribution >= 0.6 is 0 Å². The van der Waals surface area contributed by atoms with Crippen LogP contribution in [-0.4, -0.2) is 18.3 Å². The summed E-state index contributed by atoms with van der Waals surface area (Å²) in [6.07, 6.45) is -4.16. The fourth-order valence-electron chi connectivity index (χ4n) is 0.941. The van der Waals surface area contributed by atoms with Gasteiger partial charge in [0.2, 0.25) is 0 Å². The number of nitrogens with one attached hydrogen (secondary N) is 1. The lowest BCUT2D eigenvalue weighted by atomic mass is 10.2. The molecule has 0 aliphatic rings. The van der Waals surface area contributed by atoms with Gasteiger partial charge in [-0.15, -0.1) is 0 Å². The summed E-state index contributed by atoms with van der Waals surface area (Å²) >= 11 is 0. The first-order valence-corrected chi connectivity index (χ1v) is 4.27. The van der Waals surface area contributed by atoms with Crippen molar-refractivity contribution < 1.29 is 26.7 Å². The van der Waals surface area contributed by atoms with Crippen molar-refractivity contribution in [2.24, 2.45) is 0 Å². The highest BCUT2D eigenvalue weighted by molar-refractivity contribution is 5.98. The zero-order chi connectivity index (χ0) is 13.2. The number of benzene rings is 1. The SMILES string of the molecule is Nc1ccc(F)cc1NC(=O)C(F)(F)C(F)F. The molecular weight excluding hydrogens is 247 g/mol. The Labute approximate surface area is 92.4 Å². The maximum absolute atomic E-state index is 12.7. The second-order valence-corrected chi connectivity index (χ2v) is 3.11. The molecule has 0 fully saturated rings. The van der Waals surface area contributed by atoms with Crippen molar-refractivity contribution in [3.8, 4) is 0 Å². The lowest BCUT2D eigenvalue weighted by molar-refractivity contribution is -0.163. The van der Waals surface area contributed by atoms with Crippen LogP contribution in [0.4, 0.5) is 33.3 Å². The number of hydrogen-bond acceptors (Lipinski definition) is 2. The number of halogens is 5. The molecule has 0 heterocycles. The highest BCUT2D eigenvalue weighted by Crippen LogP contribution is 2.26. The lowest BCUT2D eigenvalue weighted by Crippen LogP contribution is -2.41. The quantitative estimate of drug-likeness (QED) is 0.642. The molecule has 0 aliphatic carbocycles. The highest BCUT2D eigenvalue weighted by atomic mass is 19.3. The number of anilines is 2. The van der Waals surface area contributed by atoms with Crippen LogP contribution in [0.5, 0.6) is 0 Å². The minimum Gasteiger partial charge on any atom is -0.397 e. The van der Waals surface area contributed by atoms with Crippen LogP contribution in [0, 0.1) is 5.82 Å². The summed E-state index contributed by atoms with van der Waals surface area (Å²) in [5, 5.41) is 1.44. The van der Waals surface area contributed by atoms with Gasteiger partial charge in [-0.25, -0.2) is 13.2 Å². The second-order valence-electron chi connectivity index (χ2n) is 3.11. The molecule has 0 spiro atoms. The van der Waals surface area contributed by atoms with Crippen LogP contribution < -0.4 is 11.1 Å². The van der Waals surface area contributed by atoms with Gasteiger partial charge in [-0.1, -0.05) is 0 Å². The Morgan fingerprint density at radius 3 is 2.47 bits per heavy atom. The zero-order valence-corrected chi connectivity index (χ0v) is 8.18. The van der Waals surface area contributed by atoms with E-state index in [0.29, 0.717) is 6.07 Å². The van der Waals surface area contributed by atoms with Crippen molar-refractivity contribution in [3.63, 3.8) is 0 Å². The third kappa shape index (κ3) is 2.83. The van der Waals surface area contributed by atoms with Gasteiger partial charge in [0.05, 0.1) is 11.4 Å². The largest absolute Gasteiger partial charge is 0.397 e. The Bertz CT molecular complexity index is 435. The molecule has 0 aromatic heterocycles. The van der Waals surface area contributed by atoms with Gasteiger partial charge in [0.1, 0.15) is 5.82 Å². The van der Waals surface area contributed by atoms with Crippen LogP contribution in [0.25, 0.3) is 0 Å². The van der Waals surface area contributed by atoms with Gasteiger partial charge < -0.3 is 11.1 Å².